The maximum Gasteiger partial charge on any atom is 0.460 e. The van der Waals surface area contributed by atoms with Crippen LogP contribution in [0.4, 0.5) is 114 Å². The Kier molecular flexibility index (Phi) is 12.2. The molecular weight excluding hydrogens is 854 g/mol. The highest BCUT2D eigenvalue weighted by atomic mass is 19.4. The molecule has 55 heavy (non-hydrogen) atoms. The highest BCUT2D eigenvalue weighted by Crippen LogP contribution is 2.63. The number of phenolic OH excluding ortho intramolecular Hbond substituents is 1. The third-order valence-electron chi connectivity index (χ3n) is 8.16. The average molecular weight is 872 g/mol. The van der Waals surface area contributed by atoms with Crippen LogP contribution in [-0.4, -0.2) is 89.9 Å². The SMILES string of the molecule is Oc1cccc(C2OCC(CCC(F)(F)C(F)(F)C(F)(F)C(F)(F)C(F)(F)C(F)(F)F)(CCC(F)(F)C(F)(F)C(F)(F)C(F)(F)C(F)(F)C(F)(F)F)CO2)c1. The molecule has 0 aromatic heterocycles. The molecule has 1 aromatic carbocycles. The van der Waals surface area contributed by atoms with Crippen LogP contribution in [-0.2, 0) is 9.47 Å². The van der Waals surface area contributed by atoms with Gasteiger partial charge in [0.05, 0.1) is 13.2 Å². The summed E-state index contributed by atoms with van der Waals surface area (Å²) in [6.45, 7) is -3.43. The monoisotopic (exact) mass is 872 g/mol. The van der Waals surface area contributed by atoms with E-state index in [1.54, 1.807) is 0 Å². The molecule has 322 valence electrons. The normalized spacial score (nSPS) is 18.5. The highest BCUT2D eigenvalue weighted by molar-refractivity contribution is 5.28. The van der Waals surface area contributed by atoms with Gasteiger partial charge in [-0.3, -0.25) is 0 Å². The molecule has 0 amide bonds. The van der Waals surface area contributed by atoms with Gasteiger partial charge in [0, 0.05) is 23.8 Å². The number of hydrogen-bond acceptors (Lipinski definition) is 3. The molecule has 1 heterocycles. The van der Waals surface area contributed by atoms with E-state index >= 15 is 0 Å². The van der Waals surface area contributed by atoms with Crippen molar-refractivity contribution in [2.75, 3.05) is 13.2 Å². The molecule has 0 unspecified atom stereocenters. The smallest absolute Gasteiger partial charge is 0.460 e. The van der Waals surface area contributed by atoms with Crippen LogP contribution in [0.15, 0.2) is 24.3 Å². The predicted molar refractivity (Wildman–Crippen MR) is 125 cm³/mol. The molecule has 3 nitrogen and oxygen atoms in total. The van der Waals surface area contributed by atoms with Crippen LogP contribution in [0, 0.1) is 5.41 Å². The van der Waals surface area contributed by atoms with Gasteiger partial charge >= 0.3 is 71.6 Å². The van der Waals surface area contributed by atoms with Gasteiger partial charge in [0.1, 0.15) is 5.75 Å². The fraction of sp³-hybridized carbons (Fsp3) is 0.769. The summed E-state index contributed by atoms with van der Waals surface area (Å²) in [5, 5.41) is 9.51. The van der Waals surface area contributed by atoms with Crippen molar-refractivity contribution in [2.45, 2.75) is 104 Å². The van der Waals surface area contributed by atoms with Crippen LogP contribution in [0.3, 0.4) is 0 Å². The Morgan fingerprint density at radius 3 is 1.07 bits per heavy atom. The van der Waals surface area contributed by atoms with Crippen LogP contribution in [0.1, 0.15) is 37.5 Å². The van der Waals surface area contributed by atoms with Gasteiger partial charge < -0.3 is 14.6 Å². The lowest BCUT2D eigenvalue weighted by atomic mass is 9.76. The van der Waals surface area contributed by atoms with E-state index in [4.69, 9.17) is 9.47 Å². The number of ether oxygens (including phenoxy) is 2. The molecule has 1 fully saturated rings. The van der Waals surface area contributed by atoms with E-state index in [2.05, 4.69) is 0 Å². The topological polar surface area (TPSA) is 38.7 Å². The minimum atomic E-state index is -8.40. The van der Waals surface area contributed by atoms with Gasteiger partial charge in [-0.15, -0.1) is 0 Å². The Morgan fingerprint density at radius 2 is 0.782 bits per heavy atom. The first kappa shape index (κ1) is 48.3. The quantitative estimate of drug-likeness (QED) is 0.179. The van der Waals surface area contributed by atoms with Crippen molar-refractivity contribution >= 4 is 0 Å². The second kappa shape index (κ2) is 13.9. The third kappa shape index (κ3) is 7.63. The van der Waals surface area contributed by atoms with Crippen molar-refractivity contribution in [1.82, 2.24) is 0 Å². The van der Waals surface area contributed by atoms with Crippen molar-refractivity contribution in [1.29, 1.82) is 0 Å². The Hall–Kier alpha value is -2.88. The summed E-state index contributed by atoms with van der Waals surface area (Å²) in [5.74, 6) is -80.5. The van der Waals surface area contributed by atoms with Crippen molar-refractivity contribution in [3.05, 3.63) is 29.8 Å². The molecule has 0 atom stereocenters. The Balaban J connectivity index is 2.57. The number of halogens is 26. The minimum absolute atomic E-state index is 0.345. The molecule has 2 rings (SSSR count). The zero-order valence-corrected chi connectivity index (χ0v) is 25.7. The zero-order chi connectivity index (χ0) is 43.7. The van der Waals surface area contributed by atoms with Gasteiger partial charge in [-0.1, -0.05) is 12.1 Å². The lowest BCUT2D eigenvalue weighted by Crippen LogP contribution is -2.70. The van der Waals surface area contributed by atoms with Crippen molar-refractivity contribution in [3.63, 3.8) is 0 Å². The van der Waals surface area contributed by atoms with Crippen LogP contribution in [0.2, 0.25) is 0 Å². The molecule has 0 saturated carbocycles. The van der Waals surface area contributed by atoms with Gasteiger partial charge in [0.25, 0.3) is 0 Å². The molecule has 1 aliphatic rings. The molecular formula is C26H18F26O3. The Labute approximate surface area is 287 Å². The number of benzene rings is 1. The Morgan fingerprint density at radius 1 is 0.473 bits per heavy atom. The van der Waals surface area contributed by atoms with E-state index in [9.17, 15) is 119 Å². The number of hydrogen-bond donors (Lipinski definition) is 1. The van der Waals surface area contributed by atoms with Crippen LogP contribution in [0.5, 0.6) is 5.75 Å². The number of phenols is 1. The molecule has 1 aromatic rings. The van der Waals surface area contributed by atoms with E-state index in [1.807, 2.05) is 0 Å². The first-order valence-corrected chi connectivity index (χ1v) is 13.9. The van der Waals surface area contributed by atoms with Crippen molar-refractivity contribution in [2.24, 2.45) is 5.41 Å². The van der Waals surface area contributed by atoms with Gasteiger partial charge in [-0.05, 0) is 25.0 Å². The maximum atomic E-state index is 14.6. The molecule has 0 radical (unpaired) electrons. The minimum Gasteiger partial charge on any atom is -0.508 e. The summed E-state index contributed by atoms with van der Waals surface area (Å²) in [6, 6.07) is 3.67. The van der Waals surface area contributed by atoms with E-state index in [-0.39, 0.29) is 5.56 Å². The summed E-state index contributed by atoms with van der Waals surface area (Å²) in [4.78, 5) is 0. The van der Waals surface area contributed by atoms with E-state index in [1.165, 1.54) is 0 Å². The Bertz CT molecular complexity index is 1410. The highest BCUT2D eigenvalue weighted by Gasteiger charge is 2.92. The molecule has 1 N–H and O–H groups in total. The lowest BCUT2D eigenvalue weighted by molar-refractivity contribution is -0.441. The summed E-state index contributed by atoms with van der Waals surface area (Å²) < 4.78 is 362. The number of rotatable bonds is 15. The summed E-state index contributed by atoms with van der Waals surface area (Å²) in [5.41, 5.74) is -3.62. The van der Waals surface area contributed by atoms with Crippen molar-refractivity contribution < 1.29 is 129 Å². The van der Waals surface area contributed by atoms with Gasteiger partial charge in [0.15, 0.2) is 6.29 Å². The average Bonchev–Trinajstić information content (AvgIpc) is 3.01. The molecule has 1 aliphatic heterocycles. The largest absolute Gasteiger partial charge is 0.508 e. The van der Waals surface area contributed by atoms with Crippen LogP contribution in [0.25, 0.3) is 0 Å². The van der Waals surface area contributed by atoms with Crippen LogP contribution < -0.4 is 0 Å². The predicted octanol–water partition coefficient (Wildman–Crippen LogP) is 11.5. The molecule has 0 bridgehead atoms. The summed E-state index contributed by atoms with van der Waals surface area (Å²) in [7, 11) is 0. The fourth-order valence-electron chi connectivity index (χ4n) is 4.63. The lowest BCUT2D eigenvalue weighted by Gasteiger charge is -2.44. The maximum absolute atomic E-state index is 14.6. The van der Waals surface area contributed by atoms with E-state index in [0.29, 0.717) is 0 Å². The van der Waals surface area contributed by atoms with E-state index in [0.717, 1.165) is 24.3 Å². The van der Waals surface area contributed by atoms with Gasteiger partial charge in [-0.2, -0.15) is 114 Å². The molecule has 29 heteroatoms. The molecule has 0 aliphatic carbocycles. The second-order valence-corrected chi connectivity index (χ2v) is 12.0. The third-order valence-corrected chi connectivity index (χ3v) is 8.16. The number of alkyl halides is 26. The van der Waals surface area contributed by atoms with Crippen molar-refractivity contribution in [3.8, 4) is 5.75 Å². The van der Waals surface area contributed by atoms with Crippen LogP contribution >= 0.6 is 0 Å². The standard InChI is InChI=1S/C26H18F26O3/c27-15(28,17(31,32)19(35,36)21(39,40)23(43,44)25(47,48)49)6-4-14(9-54-13(55-10-14)11-2-1-3-12(53)8-11)5-7-16(29,30)18(33,34)20(37,38)22(41,42)24(45,46)26(50,51)52/h1-3,8,13,53H,4-7,9-10H2. The first-order chi connectivity index (χ1) is 24.0. The van der Waals surface area contributed by atoms with Gasteiger partial charge in [0.2, 0.25) is 0 Å². The second-order valence-electron chi connectivity index (χ2n) is 12.0. The number of aromatic hydroxyl groups is 1. The van der Waals surface area contributed by atoms with E-state index < -0.39 is 128 Å². The molecule has 0 spiro atoms. The summed E-state index contributed by atoms with van der Waals surface area (Å²) >= 11 is 0. The summed E-state index contributed by atoms with van der Waals surface area (Å²) in [6.07, 6.45) is -28.8. The zero-order valence-electron chi connectivity index (χ0n) is 25.7. The fourth-order valence-corrected chi connectivity index (χ4v) is 4.63. The first-order valence-electron chi connectivity index (χ1n) is 13.9. The van der Waals surface area contributed by atoms with Gasteiger partial charge in [-0.25, -0.2) is 0 Å². The molecule has 1 saturated heterocycles.